The van der Waals surface area contributed by atoms with Crippen LogP contribution in [0.4, 0.5) is 0 Å². The van der Waals surface area contributed by atoms with E-state index in [1.54, 1.807) is 0 Å². The molecule has 2 heteroatoms. The molecular formula is C15H25NS. The second kappa shape index (κ2) is 5.92. The molecule has 0 aliphatic heterocycles. The molecule has 0 fully saturated rings. The molecule has 0 aliphatic rings. The Bertz CT molecular complexity index is 352. The Labute approximate surface area is 111 Å². The number of aryl methyl sites for hydroxylation is 1. The van der Waals surface area contributed by atoms with Crippen molar-refractivity contribution in [3.8, 4) is 0 Å². The van der Waals surface area contributed by atoms with Crippen molar-refractivity contribution in [2.24, 2.45) is 5.92 Å². The maximum Gasteiger partial charge on any atom is 0.0444 e. The normalized spacial score (nSPS) is 14.1. The summed E-state index contributed by atoms with van der Waals surface area (Å²) in [6, 6.07) is 9.20. The zero-order valence-electron chi connectivity index (χ0n) is 11.9. The van der Waals surface area contributed by atoms with Crippen molar-refractivity contribution in [3.05, 3.63) is 35.4 Å². The van der Waals surface area contributed by atoms with Gasteiger partial charge in [-0.2, -0.15) is 0 Å². The number of hydrogen-bond acceptors (Lipinski definition) is 2. The van der Waals surface area contributed by atoms with Crippen molar-refractivity contribution in [2.75, 3.05) is 0 Å². The fourth-order valence-electron chi connectivity index (χ4n) is 1.69. The lowest BCUT2D eigenvalue weighted by molar-refractivity contribution is 0.484. The molecule has 0 saturated heterocycles. The number of rotatable bonds is 4. The fourth-order valence-corrected chi connectivity index (χ4v) is 2.58. The lowest BCUT2D eigenvalue weighted by Gasteiger charge is -2.27. The molecule has 0 radical (unpaired) electrons. The van der Waals surface area contributed by atoms with Crippen LogP contribution in [0, 0.1) is 12.8 Å². The first-order chi connectivity index (χ1) is 7.79. The van der Waals surface area contributed by atoms with Crippen LogP contribution in [-0.4, -0.2) is 4.75 Å². The highest BCUT2D eigenvalue weighted by molar-refractivity contribution is 7.98. The first-order valence-electron chi connectivity index (χ1n) is 6.29. The molecule has 1 atom stereocenters. The highest BCUT2D eigenvalue weighted by Gasteiger charge is 2.19. The van der Waals surface area contributed by atoms with Crippen LogP contribution in [0.1, 0.15) is 51.8 Å². The van der Waals surface area contributed by atoms with Crippen molar-refractivity contribution in [3.63, 3.8) is 0 Å². The average Bonchev–Trinajstić information content (AvgIpc) is 2.15. The molecule has 1 rings (SSSR count). The van der Waals surface area contributed by atoms with E-state index in [0.29, 0.717) is 12.0 Å². The molecule has 0 bridgehead atoms. The van der Waals surface area contributed by atoms with Gasteiger partial charge in [0.05, 0.1) is 0 Å². The molecule has 1 N–H and O–H groups in total. The van der Waals surface area contributed by atoms with Crippen molar-refractivity contribution < 1.29 is 0 Å². The van der Waals surface area contributed by atoms with Crippen LogP contribution in [0.5, 0.6) is 0 Å². The van der Waals surface area contributed by atoms with Crippen molar-refractivity contribution >= 4 is 11.9 Å². The standard InChI is InChI=1S/C15H25NS/c1-11(2)14(16-17-15(4,5)6)13-9-7-8-12(3)10-13/h7-11,14,16H,1-6H3/t14-/m1/s1. The smallest absolute Gasteiger partial charge is 0.0444 e. The molecule has 0 aliphatic carbocycles. The first-order valence-corrected chi connectivity index (χ1v) is 7.11. The van der Waals surface area contributed by atoms with Gasteiger partial charge < -0.3 is 0 Å². The summed E-state index contributed by atoms with van der Waals surface area (Å²) in [5, 5.41) is 0. The Morgan fingerprint density at radius 3 is 2.29 bits per heavy atom. The molecule has 1 aromatic carbocycles. The number of nitrogens with one attached hydrogen (secondary N) is 1. The third kappa shape index (κ3) is 5.13. The largest absolute Gasteiger partial charge is 0.256 e. The molecule has 17 heavy (non-hydrogen) atoms. The maximum atomic E-state index is 3.62. The topological polar surface area (TPSA) is 12.0 Å². The van der Waals surface area contributed by atoms with Crippen molar-refractivity contribution in [1.82, 2.24) is 4.72 Å². The van der Waals surface area contributed by atoms with Gasteiger partial charge in [-0.25, -0.2) is 0 Å². The summed E-state index contributed by atoms with van der Waals surface area (Å²) in [5.41, 5.74) is 2.72. The highest BCUT2D eigenvalue weighted by Crippen LogP contribution is 2.29. The molecule has 0 saturated carbocycles. The minimum absolute atomic E-state index is 0.247. The van der Waals surface area contributed by atoms with E-state index in [1.807, 2.05) is 11.9 Å². The molecule has 0 heterocycles. The van der Waals surface area contributed by atoms with Gasteiger partial charge in [0.2, 0.25) is 0 Å². The predicted octanol–water partition coefficient (Wildman–Crippen LogP) is 4.73. The third-order valence-corrected chi connectivity index (χ3v) is 3.54. The minimum Gasteiger partial charge on any atom is -0.256 e. The fraction of sp³-hybridized carbons (Fsp3) is 0.600. The van der Waals surface area contributed by atoms with Gasteiger partial charge in [0.25, 0.3) is 0 Å². The van der Waals surface area contributed by atoms with Crippen LogP contribution >= 0.6 is 11.9 Å². The summed E-state index contributed by atoms with van der Waals surface area (Å²) in [5.74, 6) is 0.589. The Balaban J connectivity index is 2.79. The lowest BCUT2D eigenvalue weighted by Crippen LogP contribution is -2.25. The summed E-state index contributed by atoms with van der Waals surface area (Å²) in [4.78, 5) is 0. The van der Waals surface area contributed by atoms with E-state index < -0.39 is 0 Å². The second-order valence-electron chi connectivity index (χ2n) is 5.97. The zero-order valence-corrected chi connectivity index (χ0v) is 12.7. The molecule has 1 nitrogen and oxygen atoms in total. The maximum absolute atomic E-state index is 3.62. The Kier molecular flexibility index (Phi) is 5.08. The quantitative estimate of drug-likeness (QED) is 0.777. The van der Waals surface area contributed by atoms with Crippen molar-refractivity contribution in [1.29, 1.82) is 0 Å². The van der Waals surface area contributed by atoms with Gasteiger partial charge in [0, 0.05) is 10.8 Å². The summed E-state index contributed by atoms with van der Waals surface area (Å²) >= 11 is 1.82. The van der Waals surface area contributed by atoms with Gasteiger partial charge in [-0.15, -0.1) is 0 Å². The minimum atomic E-state index is 0.247. The van der Waals surface area contributed by atoms with E-state index >= 15 is 0 Å². The van der Waals surface area contributed by atoms with Crippen LogP contribution in [0.25, 0.3) is 0 Å². The predicted molar refractivity (Wildman–Crippen MR) is 79.2 cm³/mol. The Morgan fingerprint density at radius 2 is 1.82 bits per heavy atom. The van der Waals surface area contributed by atoms with Crippen LogP contribution < -0.4 is 4.72 Å². The molecular weight excluding hydrogens is 226 g/mol. The van der Waals surface area contributed by atoms with Crippen molar-refractivity contribution in [2.45, 2.75) is 52.3 Å². The van der Waals surface area contributed by atoms with E-state index in [0.717, 1.165) is 0 Å². The summed E-state index contributed by atoms with van der Waals surface area (Å²) < 4.78 is 3.87. The van der Waals surface area contributed by atoms with E-state index in [1.165, 1.54) is 11.1 Å². The summed E-state index contributed by atoms with van der Waals surface area (Å²) in [6.07, 6.45) is 0. The van der Waals surface area contributed by atoms with E-state index in [4.69, 9.17) is 0 Å². The van der Waals surface area contributed by atoms with E-state index in [9.17, 15) is 0 Å². The molecule has 0 spiro atoms. The molecule has 0 amide bonds. The SMILES string of the molecule is Cc1cccc([C@H](NSC(C)(C)C)C(C)C)c1. The van der Waals surface area contributed by atoms with Crippen LogP contribution in [-0.2, 0) is 0 Å². The monoisotopic (exact) mass is 251 g/mol. The van der Waals surface area contributed by atoms with Crippen LogP contribution in [0.3, 0.4) is 0 Å². The van der Waals surface area contributed by atoms with Gasteiger partial charge in [0.1, 0.15) is 0 Å². The van der Waals surface area contributed by atoms with Gasteiger partial charge in [-0.1, -0.05) is 55.6 Å². The number of hydrogen-bond donors (Lipinski definition) is 1. The Hall–Kier alpha value is -0.470. The summed E-state index contributed by atoms with van der Waals surface area (Å²) in [7, 11) is 0. The van der Waals surface area contributed by atoms with Gasteiger partial charge in [-0.05, 0) is 39.2 Å². The van der Waals surface area contributed by atoms with Gasteiger partial charge >= 0.3 is 0 Å². The Morgan fingerprint density at radius 1 is 1.18 bits per heavy atom. The second-order valence-corrected chi connectivity index (χ2v) is 7.63. The van der Waals surface area contributed by atoms with Crippen LogP contribution in [0.2, 0.25) is 0 Å². The van der Waals surface area contributed by atoms with Gasteiger partial charge in [0.15, 0.2) is 0 Å². The molecule has 0 aromatic heterocycles. The highest BCUT2D eigenvalue weighted by atomic mass is 32.2. The number of benzene rings is 1. The molecule has 0 unspecified atom stereocenters. The summed E-state index contributed by atoms with van der Waals surface area (Å²) in [6.45, 7) is 13.4. The van der Waals surface area contributed by atoms with Gasteiger partial charge in [-0.3, -0.25) is 4.72 Å². The lowest BCUT2D eigenvalue weighted by atomic mass is 9.96. The molecule has 1 aromatic rings. The van der Waals surface area contributed by atoms with E-state index in [-0.39, 0.29) is 4.75 Å². The average molecular weight is 251 g/mol. The third-order valence-electron chi connectivity index (χ3n) is 2.56. The first kappa shape index (κ1) is 14.6. The van der Waals surface area contributed by atoms with E-state index in [2.05, 4.69) is 70.5 Å². The zero-order chi connectivity index (χ0) is 13.1. The van der Waals surface area contributed by atoms with Crippen LogP contribution in [0.15, 0.2) is 24.3 Å². The molecule has 96 valence electrons.